The van der Waals surface area contributed by atoms with E-state index in [4.69, 9.17) is 9.47 Å². The lowest BCUT2D eigenvalue weighted by Gasteiger charge is -2.30. The van der Waals surface area contributed by atoms with E-state index in [1.807, 2.05) is 0 Å². The van der Waals surface area contributed by atoms with Gasteiger partial charge in [0.1, 0.15) is 6.10 Å². The zero-order valence-electron chi connectivity index (χ0n) is 10.1. The number of nitrogens with one attached hydrogen (secondary N) is 1. The number of rotatable bonds is 5. The lowest BCUT2D eigenvalue weighted by atomic mass is 10.1. The van der Waals surface area contributed by atoms with Crippen molar-refractivity contribution in [2.45, 2.75) is 25.5 Å². The highest BCUT2D eigenvalue weighted by Gasteiger charge is 2.27. The van der Waals surface area contributed by atoms with E-state index in [-0.39, 0.29) is 12.1 Å². The Kier molecular flexibility index (Phi) is 4.85. The molecule has 0 amide bonds. The van der Waals surface area contributed by atoms with Crippen LogP contribution in [0.15, 0.2) is 18.6 Å². The second kappa shape index (κ2) is 6.64. The van der Waals surface area contributed by atoms with Crippen LogP contribution in [0.3, 0.4) is 0 Å². The molecular formula is C12H19N3O2. The molecular weight excluding hydrogens is 218 g/mol. The summed E-state index contributed by atoms with van der Waals surface area (Å²) in [5.41, 5.74) is 0.913. The lowest BCUT2D eigenvalue weighted by Crippen LogP contribution is -2.41. The highest BCUT2D eigenvalue weighted by atomic mass is 16.6. The fourth-order valence-corrected chi connectivity index (χ4v) is 1.90. The van der Waals surface area contributed by atoms with Gasteiger partial charge in [-0.1, -0.05) is 6.92 Å². The van der Waals surface area contributed by atoms with Crippen LogP contribution in [0, 0.1) is 0 Å². The molecule has 2 heterocycles. The minimum absolute atomic E-state index is 0.0204. The zero-order valence-corrected chi connectivity index (χ0v) is 10.1. The van der Waals surface area contributed by atoms with E-state index in [0.717, 1.165) is 18.7 Å². The molecule has 5 heteroatoms. The molecule has 1 aromatic rings. The van der Waals surface area contributed by atoms with Gasteiger partial charge in [-0.05, 0) is 13.0 Å². The van der Waals surface area contributed by atoms with E-state index in [9.17, 15) is 0 Å². The van der Waals surface area contributed by atoms with E-state index in [1.54, 1.807) is 18.6 Å². The Morgan fingerprint density at radius 3 is 3.06 bits per heavy atom. The van der Waals surface area contributed by atoms with Gasteiger partial charge in [0.15, 0.2) is 0 Å². The SMILES string of the molecule is CCCNC(c1cnccn1)C1COCCO1. The van der Waals surface area contributed by atoms with E-state index in [0.29, 0.717) is 19.8 Å². The van der Waals surface area contributed by atoms with Crippen molar-refractivity contribution in [3.8, 4) is 0 Å². The van der Waals surface area contributed by atoms with Crippen LogP contribution in [0.2, 0.25) is 0 Å². The van der Waals surface area contributed by atoms with Crippen molar-refractivity contribution in [3.05, 3.63) is 24.3 Å². The van der Waals surface area contributed by atoms with Crippen LogP contribution >= 0.6 is 0 Å². The van der Waals surface area contributed by atoms with Gasteiger partial charge in [0.2, 0.25) is 0 Å². The standard InChI is InChI=1S/C12H19N3O2/c1-2-3-15-12(10-8-13-4-5-14-10)11-9-16-6-7-17-11/h4-5,8,11-12,15H,2-3,6-7,9H2,1H3. The Morgan fingerprint density at radius 2 is 2.41 bits per heavy atom. The van der Waals surface area contributed by atoms with Crippen molar-refractivity contribution in [3.63, 3.8) is 0 Å². The first-order valence-corrected chi connectivity index (χ1v) is 6.10. The first-order chi connectivity index (χ1) is 8.42. The van der Waals surface area contributed by atoms with Crippen molar-refractivity contribution in [1.82, 2.24) is 15.3 Å². The Labute approximate surface area is 102 Å². The van der Waals surface area contributed by atoms with Gasteiger partial charge >= 0.3 is 0 Å². The third-order valence-corrected chi connectivity index (χ3v) is 2.73. The first-order valence-electron chi connectivity index (χ1n) is 6.10. The molecule has 1 aliphatic rings. The van der Waals surface area contributed by atoms with Crippen LogP contribution in [0.25, 0.3) is 0 Å². The molecule has 0 aromatic carbocycles. The predicted molar refractivity (Wildman–Crippen MR) is 63.6 cm³/mol. The van der Waals surface area contributed by atoms with Crippen molar-refractivity contribution >= 4 is 0 Å². The maximum atomic E-state index is 5.74. The second-order valence-electron chi connectivity index (χ2n) is 4.05. The van der Waals surface area contributed by atoms with Crippen molar-refractivity contribution < 1.29 is 9.47 Å². The van der Waals surface area contributed by atoms with Crippen LogP contribution in [0.1, 0.15) is 25.1 Å². The molecule has 2 atom stereocenters. The Bertz CT molecular complexity index is 315. The maximum absolute atomic E-state index is 5.74. The molecule has 0 radical (unpaired) electrons. The van der Waals surface area contributed by atoms with E-state index < -0.39 is 0 Å². The molecule has 2 rings (SSSR count). The van der Waals surface area contributed by atoms with E-state index in [1.165, 1.54) is 0 Å². The number of nitrogens with zero attached hydrogens (tertiary/aromatic N) is 2. The molecule has 0 saturated carbocycles. The van der Waals surface area contributed by atoms with E-state index in [2.05, 4.69) is 22.2 Å². The van der Waals surface area contributed by atoms with Gasteiger partial charge in [-0.2, -0.15) is 0 Å². The fourth-order valence-electron chi connectivity index (χ4n) is 1.90. The molecule has 1 aromatic heterocycles. The molecule has 1 N–H and O–H groups in total. The number of aromatic nitrogens is 2. The van der Waals surface area contributed by atoms with Crippen molar-refractivity contribution in [1.29, 1.82) is 0 Å². The molecule has 94 valence electrons. The summed E-state index contributed by atoms with van der Waals surface area (Å²) in [5, 5.41) is 3.45. The molecule has 0 bridgehead atoms. The molecule has 17 heavy (non-hydrogen) atoms. The monoisotopic (exact) mass is 237 g/mol. The van der Waals surface area contributed by atoms with Crippen LogP contribution in [-0.2, 0) is 9.47 Å². The van der Waals surface area contributed by atoms with Gasteiger partial charge in [-0.25, -0.2) is 0 Å². The van der Waals surface area contributed by atoms with E-state index >= 15 is 0 Å². The minimum atomic E-state index is 0.0204. The molecule has 1 fully saturated rings. The van der Waals surface area contributed by atoms with Gasteiger partial charge in [0.05, 0.1) is 37.8 Å². The van der Waals surface area contributed by atoms with Crippen molar-refractivity contribution in [2.75, 3.05) is 26.4 Å². The summed E-state index contributed by atoms with van der Waals surface area (Å²) in [6, 6.07) is 0.0592. The highest BCUT2D eigenvalue weighted by molar-refractivity contribution is 5.05. The van der Waals surface area contributed by atoms with Gasteiger partial charge in [0.25, 0.3) is 0 Å². The minimum Gasteiger partial charge on any atom is -0.376 e. The smallest absolute Gasteiger partial charge is 0.102 e. The molecule has 0 spiro atoms. The average Bonchev–Trinajstić information content (AvgIpc) is 2.42. The Morgan fingerprint density at radius 1 is 1.47 bits per heavy atom. The summed E-state index contributed by atoms with van der Waals surface area (Å²) in [6.07, 6.45) is 6.26. The van der Waals surface area contributed by atoms with Crippen molar-refractivity contribution in [2.24, 2.45) is 0 Å². The molecule has 1 aliphatic heterocycles. The molecule has 5 nitrogen and oxygen atoms in total. The first kappa shape index (κ1) is 12.4. The summed E-state index contributed by atoms with van der Waals surface area (Å²) in [5.74, 6) is 0. The van der Waals surface area contributed by atoms with Crippen LogP contribution in [-0.4, -0.2) is 42.4 Å². The van der Waals surface area contributed by atoms with Crippen LogP contribution in [0.5, 0.6) is 0 Å². The topological polar surface area (TPSA) is 56.3 Å². The highest BCUT2D eigenvalue weighted by Crippen LogP contribution is 2.19. The maximum Gasteiger partial charge on any atom is 0.102 e. The van der Waals surface area contributed by atoms with Gasteiger partial charge < -0.3 is 14.8 Å². The summed E-state index contributed by atoms with van der Waals surface area (Å²) in [4.78, 5) is 8.46. The zero-order chi connectivity index (χ0) is 11.9. The molecule has 0 aliphatic carbocycles. The van der Waals surface area contributed by atoms with Gasteiger partial charge in [-0.15, -0.1) is 0 Å². The Balaban J connectivity index is 2.06. The Hall–Kier alpha value is -1.04. The predicted octanol–water partition coefficient (Wildman–Crippen LogP) is 0.933. The molecule has 1 saturated heterocycles. The average molecular weight is 237 g/mol. The third kappa shape index (κ3) is 3.46. The third-order valence-electron chi connectivity index (χ3n) is 2.73. The summed E-state index contributed by atoms with van der Waals surface area (Å²) in [7, 11) is 0. The number of hydrogen-bond acceptors (Lipinski definition) is 5. The van der Waals surface area contributed by atoms with Crippen LogP contribution in [0.4, 0.5) is 0 Å². The fraction of sp³-hybridized carbons (Fsp3) is 0.667. The van der Waals surface area contributed by atoms with Gasteiger partial charge in [-0.3, -0.25) is 9.97 Å². The largest absolute Gasteiger partial charge is 0.376 e. The second-order valence-corrected chi connectivity index (χ2v) is 4.05. The normalized spacial score (nSPS) is 22.3. The lowest BCUT2D eigenvalue weighted by molar-refractivity contribution is -0.103. The number of hydrogen-bond donors (Lipinski definition) is 1. The number of ether oxygens (including phenoxy) is 2. The van der Waals surface area contributed by atoms with Gasteiger partial charge in [0, 0.05) is 12.4 Å². The summed E-state index contributed by atoms with van der Waals surface area (Å²) in [6.45, 7) is 5.00. The summed E-state index contributed by atoms with van der Waals surface area (Å²) >= 11 is 0. The van der Waals surface area contributed by atoms with Crippen LogP contribution < -0.4 is 5.32 Å². The summed E-state index contributed by atoms with van der Waals surface area (Å²) < 4.78 is 11.2. The quantitative estimate of drug-likeness (QED) is 0.825. The molecule has 2 unspecified atom stereocenters.